The molecule has 0 bridgehead atoms. The van der Waals surface area contributed by atoms with Crippen LogP contribution in [0.15, 0.2) is 12.4 Å². The van der Waals surface area contributed by atoms with Crippen LogP contribution in [0.25, 0.3) is 0 Å². The van der Waals surface area contributed by atoms with Gasteiger partial charge in [-0.2, -0.15) is 5.10 Å². The van der Waals surface area contributed by atoms with E-state index in [1.165, 1.54) is 0 Å². The predicted molar refractivity (Wildman–Crippen MR) is 77.2 cm³/mol. The van der Waals surface area contributed by atoms with Gasteiger partial charge >= 0.3 is 5.97 Å². The van der Waals surface area contributed by atoms with Crippen molar-refractivity contribution in [1.29, 1.82) is 0 Å². The van der Waals surface area contributed by atoms with Gasteiger partial charge in [-0.05, 0) is 24.8 Å². The number of piperidine rings is 1. The molecule has 1 amide bonds. The Kier molecular flexibility index (Phi) is 4.15. The molecule has 3 rings (SSSR count). The van der Waals surface area contributed by atoms with Gasteiger partial charge in [-0.15, -0.1) is 0 Å². The molecule has 1 aromatic rings. The van der Waals surface area contributed by atoms with Crippen molar-refractivity contribution >= 4 is 11.9 Å². The molecule has 120 valence electrons. The van der Waals surface area contributed by atoms with Gasteiger partial charge in [0.1, 0.15) is 6.10 Å². The average molecular weight is 307 g/mol. The molecule has 2 aliphatic rings. The highest BCUT2D eigenvalue weighted by atomic mass is 16.5. The maximum absolute atomic E-state index is 12.5. The molecule has 2 fully saturated rings. The van der Waals surface area contributed by atoms with Gasteiger partial charge in [0, 0.05) is 38.9 Å². The average Bonchev–Trinajstić information content (AvgIpc) is 3.17. The number of aliphatic carboxylic acids is 1. The number of ether oxygens (including phenoxy) is 1. The summed E-state index contributed by atoms with van der Waals surface area (Å²) in [6.45, 7) is 1.41. The largest absolute Gasteiger partial charge is 0.481 e. The highest BCUT2D eigenvalue weighted by Gasteiger charge is 2.38. The summed E-state index contributed by atoms with van der Waals surface area (Å²) in [7, 11) is 1.83. The van der Waals surface area contributed by atoms with E-state index in [-0.39, 0.29) is 18.4 Å². The lowest BCUT2D eigenvalue weighted by Gasteiger charge is -2.37. The van der Waals surface area contributed by atoms with Gasteiger partial charge in [-0.3, -0.25) is 14.3 Å². The summed E-state index contributed by atoms with van der Waals surface area (Å²) in [5.74, 6) is -1.45. The van der Waals surface area contributed by atoms with Crippen molar-refractivity contribution in [2.75, 3.05) is 19.7 Å². The molecule has 3 unspecified atom stereocenters. The summed E-state index contributed by atoms with van der Waals surface area (Å²) in [4.78, 5) is 25.6. The number of carboxylic acids is 1. The number of hydrogen-bond donors (Lipinski definition) is 1. The van der Waals surface area contributed by atoms with Crippen LogP contribution in [0.1, 0.15) is 30.7 Å². The van der Waals surface area contributed by atoms with Crippen LogP contribution >= 0.6 is 0 Å². The Morgan fingerprint density at radius 2 is 2.23 bits per heavy atom. The maximum Gasteiger partial charge on any atom is 0.308 e. The highest BCUT2D eigenvalue weighted by Crippen LogP contribution is 2.31. The molecular weight excluding hydrogens is 286 g/mol. The van der Waals surface area contributed by atoms with Crippen LogP contribution in [0.4, 0.5) is 0 Å². The number of amides is 1. The van der Waals surface area contributed by atoms with Crippen molar-refractivity contribution in [3.05, 3.63) is 18.0 Å². The molecular formula is C15H21N3O4. The number of nitrogens with zero attached hydrogens (tertiary/aromatic N) is 3. The first-order valence-electron chi connectivity index (χ1n) is 7.66. The van der Waals surface area contributed by atoms with Gasteiger partial charge in [0.25, 0.3) is 5.91 Å². The number of carbonyl (C=O) groups is 2. The second kappa shape index (κ2) is 6.08. The smallest absolute Gasteiger partial charge is 0.308 e. The second-order valence-electron chi connectivity index (χ2n) is 6.16. The van der Waals surface area contributed by atoms with Gasteiger partial charge in [0.2, 0.25) is 0 Å². The quantitative estimate of drug-likeness (QED) is 0.884. The molecule has 0 spiro atoms. The first-order valence-corrected chi connectivity index (χ1v) is 7.66. The van der Waals surface area contributed by atoms with Crippen molar-refractivity contribution < 1.29 is 19.4 Å². The van der Waals surface area contributed by atoms with Crippen molar-refractivity contribution in [1.82, 2.24) is 14.7 Å². The van der Waals surface area contributed by atoms with Crippen LogP contribution in [0.3, 0.4) is 0 Å². The normalized spacial score (nSPS) is 28.8. The van der Waals surface area contributed by atoms with E-state index in [4.69, 9.17) is 4.74 Å². The Morgan fingerprint density at radius 1 is 1.41 bits per heavy atom. The van der Waals surface area contributed by atoms with E-state index in [0.717, 1.165) is 18.4 Å². The van der Waals surface area contributed by atoms with Crippen LogP contribution in [-0.2, 0) is 21.4 Å². The van der Waals surface area contributed by atoms with Gasteiger partial charge in [0.15, 0.2) is 0 Å². The van der Waals surface area contributed by atoms with Gasteiger partial charge in [-0.1, -0.05) is 0 Å². The van der Waals surface area contributed by atoms with Crippen LogP contribution in [0.5, 0.6) is 0 Å². The second-order valence-corrected chi connectivity index (χ2v) is 6.16. The van der Waals surface area contributed by atoms with Gasteiger partial charge in [-0.25, -0.2) is 0 Å². The molecule has 0 saturated carbocycles. The summed E-state index contributed by atoms with van der Waals surface area (Å²) in [6, 6.07) is 0. The predicted octanol–water partition coefficient (Wildman–Crippen LogP) is 0.616. The molecule has 2 aliphatic heterocycles. The maximum atomic E-state index is 12.5. The minimum Gasteiger partial charge on any atom is -0.481 e. The Morgan fingerprint density at radius 3 is 2.82 bits per heavy atom. The lowest BCUT2D eigenvalue weighted by molar-refractivity contribution is -0.149. The molecule has 3 atom stereocenters. The lowest BCUT2D eigenvalue weighted by atomic mass is 9.85. The van der Waals surface area contributed by atoms with Crippen LogP contribution in [-0.4, -0.2) is 57.5 Å². The fourth-order valence-electron chi connectivity index (χ4n) is 3.33. The highest BCUT2D eigenvalue weighted by molar-refractivity contribution is 5.82. The summed E-state index contributed by atoms with van der Waals surface area (Å²) < 4.78 is 7.15. The number of aromatic nitrogens is 2. The van der Waals surface area contributed by atoms with E-state index in [0.29, 0.717) is 19.6 Å². The van der Waals surface area contributed by atoms with Crippen LogP contribution < -0.4 is 0 Å². The molecule has 1 aromatic heterocycles. The van der Waals surface area contributed by atoms with Crippen molar-refractivity contribution in [2.45, 2.75) is 31.3 Å². The summed E-state index contributed by atoms with van der Waals surface area (Å²) in [6.07, 6.45) is 5.40. The zero-order valence-electron chi connectivity index (χ0n) is 12.6. The van der Waals surface area contributed by atoms with Crippen molar-refractivity contribution in [3.63, 3.8) is 0 Å². The number of carbonyl (C=O) groups excluding carboxylic acids is 1. The summed E-state index contributed by atoms with van der Waals surface area (Å²) in [5, 5.41) is 13.5. The summed E-state index contributed by atoms with van der Waals surface area (Å²) in [5.41, 5.74) is 0.985. The Balaban J connectivity index is 1.77. The first-order chi connectivity index (χ1) is 10.5. The zero-order valence-corrected chi connectivity index (χ0v) is 12.6. The third-order valence-electron chi connectivity index (χ3n) is 4.51. The molecule has 7 heteroatoms. The van der Waals surface area contributed by atoms with Gasteiger partial charge in [0.05, 0.1) is 12.1 Å². The van der Waals surface area contributed by atoms with Crippen LogP contribution in [0, 0.1) is 5.92 Å². The summed E-state index contributed by atoms with van der Waals surface area (Å²) >= 11 is 0. The number of hydrogen-bond acceptors (Lipinski definition) is 4. The fourth-order valence-corrected chi connectivity index (χ4v) is 3.33. The number of likely N-dealkylation sites (tertiary alicyclic amines) is 1. The molecule has 1 N–H and O–H groups in total. The van der Waals surface area contributed by atoms with Gasteiger partial charge < -0.3 is 14.7 Å². The van der Waals surface area contributed by atoms with Crippen molar-refractivity contribution in [2.24, 2.45) is 13.0 Å². The Bertz CT molecular complexity index is 565. The Hall–Kier alpha value is -1.89. The number of aryl methyl sites for hydroxylation is 1. The number of carboxylic acid groups (broad SMARTS) is 1. The number of rotatable bonds is 3. The third-order valence-corrected chi connectivity index (χ3v) is 4.51. The molecule has 0 aliphatic carbocycles. The van der Waals surface area contributed by atoms with E-state index in [2.05, 4.69) is 5.10 Å². The minimum atomic E-state index is -0.848. The third kappa shape index (κ3) is 2.99. The van der Waals surface area contributed by atoms with E-state index in [1.807, 2.05) is 13.2 Å². The van der Waals surface area contributed by atoms with E-state index < -0.39 is 18.0 Å². The zero-order chi connectivity index (χ0) is 15.7. The van der Waals surface area contributed by atoms with E-state index in [9.17, 15) is 14.7 Å². The standard InChI is InChI=1S/C15H21N3O4/c1-17-7-12(6-16-17)10-5-11(15(20)21)9-18(8-10)14(19)13-3-2-4-22-13/h6-7,10-11,13H,2-5,8-9H2,1H3,(H,20,21). The minimum absolute atomic E-state index is 0.00824. The first kappa shape index (κ1) is 15.0. The SMILES string of the molecule is Cn1cc(C2CC(C(=O)O)CN(C(=O)C3CCCO3)C2)cn1. The topological polar surface area (TPSA) is 84.7 Å². The Labute approximate surface area is 128 Å². The monoisotopic (exact) mass is 307 g/mol. The lowest BCUT2D eigenvalue weighted by Crippen LogP contribution is -2.48. The molecule has 0 aromatic carbocycles. The van der Waals surface area contributed by atoms with Crippen LogP contribution in [0.2, 0.25) is 0 Å². The fraction of sp³-hybridized carbons (Fsp3) is 0.667. The molecule has 7 nitrogen and oxygen atoms in total. The molecule has 0 radical (unpaired) electrons. The molecule has 3 heterocycles. The molecule has 22 heavy (non-hydrogen) atoms. The van der Waals surface area contributed by atoms with E-state index in [1.54, 1.807) is 15.8 Å². The van der Waals surface area contributed by atoms with Crippen molar-refractivity contribution in [3.8, 4) is 0 Å². The molecule has 2 saturated heterocycles. The van der Waals surface area contributed by atoms with E-state index >= 15 is 0 Å².